The van der Waals surface area contributed by atoms with Crippen molar-refractivity contribution in [2.24, 2.45) is 5.73 Å². The third-order valence-corrected chi connectivity index (χ3v) is 2.93. The van der Waals surface area contributed by atoms with Crippen LogP contribution in [0.1, 0.15) is 29.0 Å². The molecule has 1 unspecified atom stereocenters. The van der Waals surface area contributed by atoms with E-state index in [2.05, 4.69) is 18.3 Å². The van der Waals surface area contributed by atoms with Crippen LogP contribution in [0.5, 0.6) is 0 Å². The maximum atomic E-state index is 11.5. The molecule has 2 rings (SSSR count). The molecule has 1 heterocycles. The van der Waals surface area contributed by atoms with Gasteiger partial charge in [0.25, 0.3) is 0 Å². The number of anilines is 1. The van der Waals surface area contributed by atoms with Crippen molar-refractivity contribution in [1.29, 1.82) is 0 Å². The van der Waals surface area contributed by atoms with E-state index in [9.17, 15) is 4.79 Å². The summed E-state index contributed by atoms with van der Waals surface area (Å²) in [5, 5.41) is 2.91. The van der Waals surface area contributed by atoms with Gasteiger partial charge in [0.2, 0.25) is 5.91 Å². The highest BCUT2D eigenvalue weighted by molar-refractivity contribution is 5.95. The summed E-state index contributed by atoms with van der Waals surface area (Å²) in [4.78, 5) is 11.5. The first-order valence-corrected chi connectivity index (χ1v) is 5.23. The Hall–Kier alpha value is -1.35. The van der Waals surface area contributed by atoms with Crippen LogP contribution in [0.3, 0.4) is 0 Å². The second-order valence-electron chi connectivity index (χ2n) is 4.23. The maximum Gasteiger partial charge on any atom is 0.225 e. The minimum Gasteiger partial charge on any atom is -0.330 e. The Labute approximate surface area is 89.7 Å². The van der Waals surface area contributed by atoms with Gasteiger partial charge in [-0.3, -0.25) is 4.79 Å². The standard InChI is InChI=1S/C12H16N2O/c1-7-3-8(2)12-9(6-13)5-11(15)14-10(12)4-7/h3-4,9H,5-6,13H2,1-2H3,(H,14,15). The first kappa shape index (κ1) is 10.2. The van der Waals surface area contributed by atoms with Crippen molar-refractivity contribution in [3.8, 4) is 0 Å². The molecule has 0 saturated carbocycles. The fraction of sp³-hybridized carbons (Fsp3) is 0.417. The average molecular weight is 204 g/mol. The van der Waals surface area contributed by atoms with Crippen LogP contribution < -0.4 is 11.1 Å². The number of carbonyl (C=O) groups is 1. The van der Waals surface area contributed by atoms with Crippen molar-refractivity contribution >= 4 is 11.6 Å². The molecule has 1 aliphatic heterocycles. The summed E-state index contributed by atoms with van der Waals surface area (Å²) >= 11 is 0. The van der Waals surface area contributed by atoms with Crippen LogP contribution in [0.15, 0.2) is 12.1 Å². The van der Waals surface area contributed by atoms with Gasteiger partial charge in [-0.05, 0) is 43.1 Å². The van der Waals surface area contributed by atoms with Crippen LogP contribution in [-0.2, 0) is 4.79 Å². The molecule has 3 nitrogen and oxygen atoms in total. The number of amides is 1. The van der Waals surface area contributed by atoms with E-state index < -0.39 is 0 Å². The van der Waals surface area contributed by atoms with Gasteiger partial charge in [-0.25, -0.2) is 0 Å². The summed E-state index contributed by atoms with van der Waals surface area (Å²) in [5.74, 6) is 0.248. The monoisotopic (exact) mass is 204 g/mol. The number of rotatable bonds is 1. The Balaban J connectivity index is 2.55. The molecule has 0 fully saturated rings. The fourth-order valence-electron chi connectivity index (χ4n) is 2.35. The van der Waals surface area contributed by atoms with Gasteiger partial charge in [0.1, 0.15) is 0 Å². The van der Waals surface area contributed by atoms with Crippen molar-refractivity contribution in [3.63, 3.8) is 0 Å². The largest absolute Gasteiger partial charge is 0.330 e. The summed E-state index contributed by atoms with van der Waals surface area (Å²) in [6, 6.07) is 4.15. The predicted octanol–water partition coefficient (Wildman–Crippen LogP) is 1.69. The molecule has 0 saturated heterocycles. The summed E-state index contributed by atoms with van der Waals surface area (Å²) < 4.78 is 0. The molecule has 0 bridgehead atoms. The van der Waals surface area contributed by atoms with E-state index in [1.807, 2.05) is 13.0 Å². The lowest BCUT2D eigenvalue weighted by molar-refractivity contribution is -0.116. The summed E-state index contributed by atoms with van der Waals surface area (Å²) in [5.41, 5.74) is 10.3. The Morgan fingerprint density at radius 1 is 1.47 bits per heavy atom. The molecule has 0 aromatic heterocycles. The van der Waals surface area contributed by atoms with Crippen LogP contribution in [0.2, 0.25) is 0 Å². The van der Waals surface area contributed by atoms with Crippen LogP contribution in [0, 0.1) is 13.8 Å². The van der Waals surface area contributed by atoms with Crippen molar-refractivity contribution in [1.82, 2.24) is 0 Å². The Bertz CT molecular complexity index is 412. The highest BCUT2D eigenvalue weighted by Crippen LogP contribution is 2.34. The number of aryl methyl sites for hydroxylation is 2. The number of fused-ring (bicyclic) bond motifs is 1. The minimum atomic E-state index is 0.0722. The van der Waals surface area contributed by atoms with Crippen LogP contribution >= 0.6 is 0 Å². The molecule has 1 atom stereocenters. The number of nitrogens with two attached hydrogens (primary N) is 1. The van der Waals surface area contributed by atoms with E-state index >= 15 is 0 Å². The fourth-order valence-corrected chi connectivity index (χ4v) is 2.35. The van der Waals surface area contributed by atoms with Gasteiger partial charge in [0, 0.05) is 18.0 Å². The Morgan fingerprint density at radius 3 is 2.87 bits per heavy atom. The van der Waals surface area contributed by atoms with E-state index in [-0.39, 0.29) is 11.8 Å². The molecule has 0 radical (unpaired) electrons. The van der Waals surface area contributed by atoms with Gasteiger partial charge in [-0.2, -0.15) is 0 Å². The summed E-state index contributed by atoms with van der Waals surface area (Å²) in [6.45, 7) is 4.64. The van der Waals surface area contributed by atoms with E-state index in [4.69, 9.17) is 5.73 Å². The van der Waals surface area contributed by atoms with E-state index in [1.165, 1.54) is 16.7 Å². The van der Waals surface area contributed by atoms with Gasteiger partial charge in [-0.1, -0.05) is 6.07 Å². The molecule has 80 valence electrons. The molecule has 1 amide bonds. The number of hydrogen-bond acceptors (Lipinski definition) is 2. The van der Waals surface area contributed by atoms with Crippen LogP contribution in [0.25, 0.3) is 0 Å². The lowest BCUT2D eigenvalue weighted by atomic mass is 9.86. The molecule has 3 heteroatoms. The summed E-state index contributed by atoms with van der Waals surface area (Å²) in [6.07, 6.45) is 0.507. The van der Waals surface area contributed by atoms with E-state index in [1.54, 1.807) is 0 Å². The average Bonchev–Trinajstić information content (AvgIpc) is 2.14. The third-order valence-electron chi connectivity index (χ3n) is 2.93. The van der Waals surface area contributed by atoms with Gasteiger partial charge in [0.05, 0.1) is 0 Å². The number of carbonyl (C=O) groups excluding carboxylic acids is 1. The SMILES string of the molecule is Cc1cc(C)c2c(c1)NC(=O)CC2CN. The van der Waals surface area contributed by atoms with Gasteiger partial charge < -0.3 is 11.1 Å². The Morgan fingerprint density at radius 2 is 2.20 bits per heavy atom. The van der Waals surface area contributed by atoms with E-state index in [0.717, 1.165) is 5.69 Å². The molecule has 1 aliphatic rings. The van der Waals surface area contributed by atoms with Gasteiger partial charge in [-0.15, -0.1) is 0 Å². The number of hydrogen-bond donors (Lipinski definition) is 2. The number of benzene rings is 1. The first-order valence-electron chi connectivity index (χ1n) is 5.23. The molecular weight excluding hydrogens is 188 g/mol. The molecule has 1 aromatic carbocycles. The number of nitrogens with one attached hydrogen (secondary N) is 1. The van der Waals surface area contributed by atoms with Crippen LogP contribution in [0.4, 0.5) is 5.69 Å². The lowest BCUT2D eigenvalue weighted by Crippen LogP contribution is -2.27. The highest BCUT2D eigenvalue weighted by Gasteiger charge is 2.25. The molecule has 1 aromatic rings. The quantitative estimate of drug-likeness (QED) is 0.731. The predicted molar refractivity (Wildman–Crippen MR) is 61.0 cm³/mol. The van der Waals surface area contributed by atoms with Crippen molar-refractivity contribution in [2.45, 2.75) is 26.2 Å². The van der Waals surface area contributed by atoms with Crippen molar-refractivity contribution in [3.05, 3.63) is 28.8 Å². The van der Waals surface area contributed by atoms with E-state index in [0.29, 0.717) is 13.0 Å². The van der Waals surface area contributed by atoms with Crippen molar-refractivity contribution in [2.75, 3.05) is 11.9 Å². The molecular formula is C12H16N2O. The highest BCUT2D eigenvalue weighted by atomic mass is 16.1. The second kappa shape index (κ2) is 3.66. The zero-order valence-corrected chi connectivity index (χ0v) is 9.13. The zero-order valence-electron chi connectivity index (χ0n) is 9.13. The Kier molecular flexibility index (Phi) is 2.49. The maximum absolute atomic E-state index is 11.5. The molecule has 15 heavy (non-hydrogen) atoms. The normalized spacial score (nSPS) is 19.7. The topological polar surface area (TPSA) is 55.1 Å². The first-order chi connectivity index (χ1) is 7.11. The third kappa shape index (κ3) is 1.75. The van der Waals surface area contributed by atoms with Crippen LogP contribution in [-0.4, -0.2) is 12.5 Å². The van der Waals surface area contributed by atoms with Gasteiger partial charge in [0.15, 0.2) is 0 Å². The smallest absolute Gasteiger partial charge is 0.225 e. The lowest BCUT2D eigenvalue weighted by Gasteiger charge is -2.26. The molecule has 0 spiro atoms. The molecule has 0 aliphatic carbocycles. The van der Waals surface area contributed by atoms with Gasteiger partial charge >= 0.3 is 0 Å². The summed E-state index contributed by atoms with van der Waals surface area (Å²) in [7, 11) is 0. The zero-order chi connectivity index (χ0) is 11.0. The molecule has 3 N–H and O–H groups in total. The van der Waals surface area contributed by atoms with Crippen molar-refractivity contribution < 1.29 is 4.79 Å². The second-order valence-corrected chi connectivity index (χ2v) is 4.23. The minimum absolute atomic E-state index is 0.0722.